The average Bonchev–Trinajstić information content (AvgIpc) is 2.72. The standard InChI is InChI=1S/C30H50O6/c1-16(2)23-12-10-18(5)14-25(23)35-29(33)27(21(8)31)20(7)28(22(9)32)30(34)36-26-15-19(6)11-13-24(26)17(3)4/h16-20,23-28H,10-15H2,1-9H3/t18-,19+,20?,23-,24+,25-,26-,27+,28+/m1/s1. The number of ketones is 2. The van der Waals surface area contributed by atoms with Crippen molar-refractivity contribution in [3.05, 3.63) is 0 Å². The van der Waals surface area contributed by atoms with Crippen LogP contribution in [0.3, 0.4) is 0 Å². The zero-order chi connectivity index (χ0) is 27.3. The van der Waals surface area contributed by atoms with Crippen LogP contribution in [0.25, 0.3) is 0 Å². The minimum Gasteiger partial charge on any atom is -0.462 e. The Balaban J connectivity index is 2.22. The first-order valence-electron chi connectivity index (χ1n) is 14.2. The molecule has 0 radical (unpaired) electrons. The van der Waals surface area contributed by atoms with Crippen LogP contribution in [0.2, 0.25) is 0 Å². The molecule has 6 nitrogen and oxygen atoms in total. The lowest BCUT2D eigenvalue weighted by molar-refractivity contribution is -0.170. The lowest BCUT2D eigenvalue weighted by atomic mass is 9.74. The van der Waals surface area contributed by atoms with Crippen molar-refractivity contribution in [2.24, 2.45) is 53.3 Å². The van der Waals surface area contributed by atoms with E-state index in [9.17, 15) is 19.2 Å². The van der Waals surface area contributed by atoms with Crippen molar-refractivity contribution in [1.82, 2.24) is 0 Å². The summed E-state index contributed by atoms with van der Waals surface area (Å²) >= 11 is 0. The van der Waals surface area contributed by atoms with Crippen molar-refractivity contribution in [2.75, 3.05) is 0 Å². The number of ether oxygens (including phenoxy) is 2. The Kier molecular flexibility index (Phi) is 11.2. The van der Waals surface area contributed by atoms with Crippen LogP contribution >= 0.6 is 0 Å². The van der Waals surface area contributed by atoms with Crippen LogP contribution in [0.5, 0.6) is 0 Å². The second-order valence-corrected chi connectivity index (χ2v) is 12.6. The molecule has 0 amide bonds. The Hall–Kier alpha value is -1.72. The molecule has 0 aromatic carbocycles. The van der Waals surface area contributed by atoms with Gasteiger partial charge in [-0.15, -0.1) is 0 Å². The molecule has 6 heteroatoms. The number of rotatable bonds is 10. The number of carbonyl (C=O) groups excluding carboxylic acids is 4. The Morgan fingerprint density at radius 3 is 1.22 bits per heavy atom. The smallest absolute Gasteiger partial charge is 0.317 e. The molecule has 36 heavy (non-hydrogen) atoms. The maximum atomic E-state index is 13.4. The number of Topliss-reactive ketones (excluding diaryl/α,β-unsaturated/α-hetero) is 2. The van der Waals surface area contributed by atoms with Crippen LogP contribution in [-0.2, 0) is 28.7 Å². The van der Waals surface area contributed by atoms with Crippen LogP contribution in [0.4, 0.5) is 0 Å². The van der Waals surface area contributed by atoms with E-state index >= 15 is 0 Å². The van der Waals surface area contributed by atoms with Gasteiger partial charge in [0.1, 0.15) is 35.6 Å². The zero-order valence-electron chi connectivity index (χ0n) is 24.0. The van der Waals surface area contributed by atoms with E-state index in [4.69, 9.17) is 9.47 Å². The zero-order valence-corrected chi connectivity index (χ0v) is 24.0. The normalized spacial score (nSPS) is 31.4. The molecule has 2 aliphatic rings. The number of hydrogen-bond donors (Lipinski definition) is 0. The van der Waals surface area contributed by atoms with E-state index in [1.54, 1.807) is 6.92 Å². The summed E-state index contributed by atoms with van der Waals surface area (Å²) < 4.78 is 12.0. The lowest BCUT2D eigenvalue weighted by Crippen LogP contribution is -2.45. The first kappa shape index (κ1) is 30.5. The van der Waals surface area contributed by atoms with E-state index in [2.05, 4.69) is 41.5 Å². The largest absolute Gasteiger partial charge is 0.462 e. The summed E-state index contributed by atoms with van der Waals surface area (Å²) in [6.07, 6.45) is 5.18. The molecule has 2 aliphatic carbocycles. The van der Waals surface area contributed by atoms with Gasteiger partial charge < -0.3 is 9.47 Å². The van der Waals surface area contributed by atoms with Gasteiger partial charge in [0.05, 0.1) is 0 Å². The molecule has 0 spiro atoms. The van der Waals surface area contributed by atoms with Crippen molar-refractivity contribution in [2.45, 2.75) is 113 Å². The van der Waals surface area contributed by atoms with Crippen LogP contribution < -0.4 is 0 Å². The third-order valence-electron chi connectivity index (χ3n) is 8.89. The van der Waals surface area contributed by atoms with Crippen molar-refractivity contribution in [3.63, 3.8) is 0 Å². The summed E-state index contributed by atoms with van der Waals surface area (Å²) in [6, 6.07) is 0. The first-order chi connectivity index (χ1) is 16.7. The van der Waals surface area contributed by atoms with E-state index in [-0.39, 0.29) is 35.6 Å². The number of hydrogen-bond acceptors (Lipinski definition) is 6. The van der Waals surface area contributed by atoms with Gasteiger partial charge in [0, 0.05) is 0 Å². The van der Waals surface area contributed by atoms with Gasteiger partial charge in [-0.25, -0.2) is 0 Å². The van der Waals surface area contributed by atoms with Crippen molar-refractivity contribution < 1.29 is 28.7 Å². The molecule has 0 saturated heterocycles. The molecule has 2 saturated carbocycles. The van der Waals surface area contributed by atoms with E-state index in [1.165, 1.54) is 13.8 Å². The Labute approximate surface area is 218 Å². The summed E-state index contributed by atoms with van der Waals surface area (Å²) in [5.41, 5.74) is 0. The molecule has 206 valence electrons. The van der Waals surface area contributed by atoms with Gasteiger partial charge in [0.15, 0.2) is 0 Å². The molecule has 2 rings (SSSR count). The predicted octanol–water partition coefficient (Wildman–Crippen LogP) is 6.04. The summed E-state index contributed by atoms with van der Waals surface area (Å²) in [5, 5.41) is 0. The fourth-order valence-electron chi connectivity index (χ4n) is 6.64. The lowest BCUT2D eigenvalue weighted by Gasteiger charge is -2.38. The van der Waals surface area contributed by atoms with Gasteiger partial charge in [0.25, 0.3) is 0 Å². The van der Waals surface area contributed by atoms with Crippen LogP contribution in [0.15, 0.2) is 0 Å². The van der Waals surface area contributed by atoms with E-state index in [1.807, 2.05) is 0 Å². The molecule has 0 N–H and O–H groups in total. The van der Waals surface area contributed by atoms with Gasteiger partial charge in [0.2, 0.25) is 0 Å². The fourth-order valence-corrected chi connectivity index (χ4v) is 6.64. The van der Waals surface area contributed by atoms with Crippen LogP contribution in [0.1, 0.15) is 101 Å². The van der Waals surface area contributed by atoms with Crippen molar-refractivity contribution in [3.8, 4) is 0 Å². The van der Waals surface area contributed by atoms with Gasteiger partial charge in [-0.05, 0) is 81.0 Å². The number of esters is 2. The second kappa shape index (κ2) is 13.2. The van der Waals surface area contributed by atoms with E-state index in [0.29, 0.717) is 23.7 Å². The minimum absolute atomic E-state index is 0.239. The fraction of sp³-hybridized carbons (Fsp3) is 0.867. The Morgan fingerprint density at radius 2 is 0.944 bits per heavy atom. The van der Waals surface area contributed by atoms with E-state index in [0.717, 1.165) is 38.5 Å². The highest BCUT2D eigenvalue weighted by molar-refractivity contribution is 6.02. The first-order valence-corrected chi connectivity index (χ1v) is 14.2. The Bertz CT molecular complexity index is 722. The average molecular weight is 507 g/mol. The molecular weight excluding hydrogens is 456 g/mol. The third kappa shape index (κ3) is 7.64. The van der Waals surface area contributed by atoms with Crippen molar-refractivity contribution >= 4 is 23.5 Å². The van der Waals surface area contributed by atoms with Gasteiger partial charge >= 0.3 is 11.9 Å². The van der Waals surface area contributed by atoms with Gasteiger partial charge in [-0.3, -0.25) is 19.2 Å². The second-order valence-electron chi connectivity index (χ2n) is 12.6. The maximum Gasteiger partial charge on any atom is 0.317 e. The van der Waals surface area contributed by atoms with Crippen molar-refractivity contribution in [1.29, 1.82) is 0 Å². The van der Waals surface area contributed by atoms with Crippen LogP contribution in [-0.4, -0.2) is 35.7 Å². The molecule has 0 aliphatic heterocycles. The molecule has 9 atom stereocenters. The molecule has 0 heterocycles. The molecule has 1 unspecified atom stereocenters. The highest BCUT2D eigenvalue weighted by Crippen LogP contribution is 2.38. The van der Waals surface area contributed by atoms with Crippen LogP contribution in [0, 0.1) is 53.3 Å². The van der Waals surface area contributed by atoms with Gasteiger partial charge in [-0.1, -0.05) is 61.3 Å². The summed E-state index contributed by atoms with van der Waals surface area (Å²) in [5.74, 6) is -3.13. The highest BCUT2D eigenvalue weighted by Gasteiger charge is 2.45. The Morgan fingerprint density at radius 1 is 0.611 bits per heavy atom. The predicted molar refractivity (Wildman–Crippen MR) is 140 cm³/mol. The number of carbonyl (C=O) groups is 4. The topological polar surface area (TPSA) is 86.7 Å². The monoisotopic (exact) mass is 506 g/mol. The molecule has 2 fully saturated rings. The molecule has 0 aromatic heterocycles. The molecule has 0 aromatic rings. The maximum absolute atomic E-state index is 13.4. The summed E-state index contributed by atoms with van der Waals surface area (Å²) in [4.78, 5) is 52.2. The highest BCUT2D eigenvalue weighted by atomic mass is 16.6. The summed E-state index contributed by atoms with van der Waals surface area (Å²) in [7, 11) is 0. The quantitative estimate of drug-likeness (QED) is 0.265. The third-order valence-corrected chi connectivity index (χ3v) is 8.89. The summed E-state index contributed by atoms with van der Waals surface area (Å²) in [6.45, 7) is 17.1. The SMILES string of the molecule is CC(=O)[C@@H](C(=O)O[C@@H]1C[C@H](C)CC[C@@H]1C(C)C)C(C)[C@@H](C(C)=O)C(=O)O[C@@H]1C[C@@H](C)CC[C@H]1C(C)C. The van der Waals surface area contributed by atoms with E-state index < -0.39 is 29.7 Å². The molecular formula is C30H50O6. The minimum atomic E-state index is -1.18. The van der Waals surface area contributed by atoms with Gasteiger partial charge in [-0.2, -0.15) is 0 Å². The molecule has 0 bridgehead atoms.